The molecule has 27 heteroatoms. The van der Waals surface area contributed by atoms with Crippen molar-refractivity contribution in [2.75, 3.05) is 41.4 Å². The van der Waals surface area contributed by atoms with Gasteiger partial charge >= 0.3 is 18.4 Å². The third kappa shape index (κ3) is 17.8. The molecule has 20 nitrogen and oxygen atoms in total. The Morgan fingerprint density at radius 1 is 0.763 bits per heavy atom. The molecule has 3 heterocycles. The number of alkyl halides is 6. The van der Waals surface area contributed by atoms with Crippen molar-refractivity contribution in [1.82, 2.24) is 24.8 Å². The Labute approximate surface area is 433 Å². The Hall–Kier alpha value is -9.20. The van der Waals surface area contributed by atoms with E-state index in [2.05, 4.69) is 63.9 Å². The number of anilines is 5. The third-order valence-electron chi connectivity index (χ3n) is 9.57. The fourth-order valence-electron chi connectivity index (χ4n) is 6.15. The molecular formula is C49H46F6N12O8S. The molecule has 0 atom stereocenters. The predicted molar refractivity (Wildman–Crippen MR) is 273 cm³/mol. The maximum absolute atomic E-state index is 12.8. The molecule has 0 saturated carbocycles. The van der Waals surface area contributed by atoms with E-state index >= 15 is 0 Å². The second kappa shape index (κ2) is 25.6. The van der Waals surface area contributed by atoms with E-state index in [9.17, 15) is 50.8 Å². The Morgan fingerprint density at radius 3 is 1.80 bits per heavy atom. The number of alkyl carbamates (subject to hydrolysis) is 1. The van der Waals surface area contributed by atoms with Crippen molar-refractivity contribution in [3.63, 3.8) is 0 Å². The van der Waals surface area contributed by atoms with Gasteiger partial charge in [0.15, 0.2) is 0 Å². The number of thiocarbonyl (C=S) groups is 1. The molecule has 0 aliphatic carbocycles. The number of aliphatic imine (C=N–C) groups is 1. The minimum Gasteiger partial charge on any atom is -0.457 e. The number of imidazole rings is 1. The second-order valence-corrected chi connectivity index (χ2v) is 16.6. The number of nitro groups is 1. The van der Waals surface area contributed by atoms with E-state index in [4.69, 9.17) is 19.9 Å². The molecule has 3 amide bonds. The van der Waals surface area contributed by atoms with Gasteiger partial charge in [0.1, 0.15) is 52.5 Å². The summed E-state index contributed by atoms with van der Waals surface area (Å²) in [6.45, 7) is 4.67. The number of nitrogens with two attached hydrogens (primary N) is 1. The Morgan fingerprint density at radius 2 is 1.29 bits per heavy atom. The number of isothiocyanates is 1. The maximum atomic E-state index is 12.8. The number of pyridine rings is 2. The van der Waals surface area contributed by atoms with E-state index in [1.54, 1.807) is 69.8 Å². The molecule has 0 aliphatic heterocycles. The normalized spacial score (nSPS) is 11.0. The molecule has 398 valence electrons. The zero-order valence-corrected chi connectivity index (χ0v) is 41.5. The number of hydrogen-bond acceptors (Lipinski definition) is 16. The largest absolute Gasteiger partial charge is 0.457 e. The fraction of sp³-hybridized carbons (Fsp3) is 0.204. The Kier molecular flexibility index (Phi) is 19.5. The minimum atomic E-state index is -4.39. The van der Waals surface area contributed by atoms with Crippen LogP contribution in [0.1, 0.15) is 31.9 Å². The molecule has 0 fully saturated rings. The number of halogens is 6. The number of aromatic nitrogens is 4. The lowest BCUT2D eigenvalue weighted by molar-refractivity contribution is -0.384. The number of nitrogens with zero attached hydrogens (tertiary/aromatic N) is 6. The summed E-state index contributed by atoms with van der Waals surface area (Å²) >= 11 is 4.30. The molecule has 3 aromatic heterocycles. The molecule has 0 spiro atoms. The minimum absolute atomic E-state index is 0.134. The number of nitrogens with one attached hydrogen (secondary N) is 5. The number of fused-ring (bicyclic) bond motifs is 1. The summed E-state index contributed by atoms with van der Waals surface area (Å²) in [5.41, 5.74) is 5.67. The first-order valence-corrected chi connectivity index (χ1v) is 22.4. The van der Waals surface area contributed by atoms with Gasteiger partial charge in [0, 0.05) is 50.4 Å². The maximum Gasteiger partial charge on any atom is 0.416 e. The SMILES string of the molecule is CNc1ccc(Oc2ccnc(NC(=O)CNC(=O)OC(C)(C)C)c2)cc1[N+](=O)[O-].Cn1c(Nc2ccc(C(F)(F)F)cc2)nc2cc(Oc3ccnc(NC(=O)CN)c3)ccc21.FC(F)(F)c1ccc(N=C=S)cc1. The topological polar surface area (TPSA) is 264 Å². The summed E-state index contributed by atoms with van der Waals surface area (Å²) in [5.74, 6) is 1.58. The fourth-order valence-corrected chi connectivity index (χ4v) is 6.25. The molecule has 0 unspecified atom stereocenters. The van der Waals surface area contributed by atoms with Crippen molar-refractivity contribution >= 4 is 86.7 Å². The molecule has 7 aromatic rings. The highest BCUT2D eigenvalue weighted by Crippen LogP contribution is 2.34. The third-order valence-corrected chi connectivity index (χ3v) is 9.66. The van der Waals surface area contributed by atoms with E-state index in [-0.39, 0.29) is 36.3 Å². The summed E-state index contributed by atoms with van der Waals surface area (Å²) in [5, 5.41) is 26.4. The van der Waals surface area contributed by atoms with Crippen LogP contribution in [0, 0.1) is 10.1 Å². The van der Waals surface area contributed by atoms with Crippen molar-refractivity contribution in [2.45, 2.75) is 38.7 Å². The van der Waals surface area contributed by atoms with E-state index in [0.717, 1.165) is 29.8 Å². The molecule has 0 aliphatic rings. The van der Waals surface area contributed by atoms with Gasteiger partial charge in [-0.2, -0.15) is 31.3 Å². The quantitative estimate of drug-likeness (QED) is 0.0194. The molecule has 7 rings (SSSR count). The lowest BCUT2D eigenvalue weighted by Gasteiger charge is -2.19. The number of rotatable bonds is 14. The van der Waals surface area contributed by atoms with Gasteiger partial charge in [-0.25, -0.2) is 19.7 Å². The van der Waals surface area contributed by atoms with Crippen molar-refractivity contribution in [1.29, 1.82) is 0 Å². The summed E-state index contributed by atoms with van der Waals surface area (Å²) in [6, 6.07) is 25.0. The number of nitro benzene ring substituents is 1. The van der Waals surface area contributed by atoms with E-state index in [1.807, 2.05) is 6.07 Å². The first-order chi connectivity index (χ1) is 35.8. The van der Waals surface area contributed by atoms with Crippen LogP contribution >= 0.6 is 12.2 Å². The van der Waals surface area contributed by atoms with Crippen molar-refractivity contribution < 1.29 is 59.9 Å². The van der Waals surface area contributed by atoms with Gasteiger partial charge in [-0.15, -0.1) is 0 Å². The monoisotopic (exact) mass is 1080 g/mol. The molecule has 76 heavy (non-hydrogen) atoms. The van der Waals surface area contributed by atoms with Crippen molar-refractivity contribution in [3.8, 4) is 23.0 Å². The molecule has 0 radical (unpaired) electrons. The van der Waals surface area contributed by atoms with Crippen LogP contribution in [0.15, 0.2) is 127 Å². The number of carbonyl (C=O) groups is 3. The van der Waals surface area contributed by atoms with Crippen LogP contribution in [0.4, 0.5) is 71.5 Å². The highest BCUT2D eigenvalue weighted by Gasteiger charge is 2.31. The summed E-state index contributed by atoms with van der Waals surface area (Å²) in [6.07, 6.45) is -6.51. The number of aryl methyl sites for hydroxylation is 1. The molecular weight excluding hydrogens is 1030 g/mol. The lowest BCUT2D eigenvalue weighted by atomic mass is 10.2. The average Bonchev–Trinajstić information content (AvgIpc) is 3.66. The Bertz CT molecular complexity index is 3220. The Balaban J connectivity index is 0.000000229. The average molecular weight is 1080 g/mol. The van der Waals surface area contributed by atoms with Crippen LogP contribution in [0.3, 0.4) is 0 Å². The molecule has 0 bridgehead atoms. The second-order valence-electron chi connectivity index (χ2n) is 16.4. The summed E-state index contributed by atoms with van der Waals surface area (Å²) in [4.78, 5) is 61.8. The number of ether oxygens (including phenoxy) is 3. The number of hydrogen-bond donors (Lipinski definition) is 6. The van der Waals surface area contributed by atoms with Gasteiger partial charge in [-0.05, 0) is 118 Å². The predicted octanol–water partition coefficient (Wildman–Crippen LogP) is 11.1. The van der Waals surface area contributed by atoms with Crippen LogP contribution < -0.4 is 41.8 Å². The van der Waals surface area contributed by atoms with Gasteiger partial charge in [0.2, 0.25) is 17.8 Å². The highest BCUT2D eigenvalue weighted by molar-refractivity contribution is 7.78. The van der Waals surface area contributed by atoms with E-state index in [0.29, 0.717) is 51.6 Å². The lowest BCUT2D eigenvalue weighted by Crippen LogP contribution is -2.37. The van der Waals surface area contributed by atoms with Gasteiger partial charge in [-0.1, -0.05) is 0 Å². The van der Waals surface area contributed by atoms with Crippen LogP contribution in [-0.4, -0.2) is 73.2 Å². The van der Waals surface area contributed by atoms with Crippen LogP contribution in [0.2, 0.25) is 0 Å². The molecule has 0 saturated heterocycles. The highest BCUT2D eigenvalue weighted by atomic mass is 32.1. The van der Waals surface area contributed by atoms with Crippen LogP contribution in [-0.2, 0) is 33.7 Å². The molecule has 7 N–H and O–H groups in total. The standard InChI is InChI=1S/C22H19F3N6O2.C19H23N5O6.C8H4F3NS/c1-31-18-7-6-15(33-16-8-9-27-19(11-16)30-20(32)12-26)10-17(18)29-21(31)28-14-4-2-13(3-5-14)22(23,24)25;1-19(2,3)30-18(26)22-11-17(25)23-16-10-13(7-8-21-16)29-12-5-6-14(20-4)15(9-12)24(27)28;9-8(10,11)6-1-3-7(4-2-6)12-5-13/h2-11H,12,26H2,1H3,(H,28,29)(H,27,30,32);5-10,20H,11H2,1-4H3,(H,22,26)(H,21,23,25);1-4H. The van der Waals surface area contributed by atoms with E-state index in [1.165, 1.54) is 60.9 Å². The van der Waals surface area contributed by atoms with Crippen LogP contribution in [0.25, 0.3) is 11.0 Å². The van der Waals surface area contributed by atoms with Gasteiger partial charge < -0.3 is 51.1 Å². The van der Waals surface area contributed by atoms with Gasteiger partial charge in [0.05, 0.1) is 50.5 Å². The first kappa shape index (κ1) is 57.7. The van der Waals surface area contributed by atoms with Crippen molar-refractivity contribution in [3.05, 3.63) is 143 Å². The van der Waals surface area contributed by atoms with Gasteiger partial charge in [-0.3, -0.25) is 19.7 Å². The van der Waals surface area contributed by atoms with Gasteiger partial charge in [0.25, 0.3) is 5.69 Å². The summed E-state index contributed by atoms with van der Waals surface area (Å²) in [7, 11) is 3.37. The molecule has 4 aromatic carbocycles. The number of benzene rings is 4. The number of carbonyl (C=O) groups excluding carboxylic acids is 3. The van der Waals surface area contributed by atoms with Crippen LogP contribution in [0.5, 0.6) is 23.0 Å². The first-order valence-electron chi connectivity index (χ1n) is 22.0. The number of amides is 3. The zero-order valence-electron chi connectivity index (χ0n) is 40.7. The smallest absolute Gasteiger partial charge is 0.416 e. The summed E-state index contributed by atoms with van der Waals surface area (Å²) < 4.78 is 92.7. The zero-order chi connectivity index (χ0) is 55.8. The van der Waals surface area contributed by atoms with Crippen molar-refractivity contribution in [2.24, 2.45) is 17.8 Å². The van der Waals surface area contributed by atoms with E-state index < -0.39 is 46.0 Å².